The number of aliphatic hydroxyl groups is 1. The van der Waals surface area contributed by atoms with E-state index >= 15 is 0 Å². The Kier molecular flexibility index (Phi) is 6.55. The van der Waals surface area contributed by atoms with Crippen LogP contribution in [0, 0.1) is 0 Å². The van der Waals surface area contributed by atoms with Gasteiger partial charge in [-0.25, -0.2) is 0 Å². The summed E-state index contributed by atoms with van der Waals surface area (Å²) in [5, 5.41) is 18.3. The van der Waals surface area contributed by atoms with Crippen molar-refractivity contribution in [2.24, 2.45) is 0 Å². The van der Waals surface area contributed by atoms with Crippen molar-refractivity contribution in [2.45, 2.75) is 19.2 Å². The summed E-state index contributed by atoms with van der Waals surface area (Å²) in [5.41, 5.74) is 7.04. The smallest absolute Gasteiger partial charge is 0.0843 e. The highest BCUT2D eigenvalue weighted by molar-refractivity contribution is 6.15. The van der Waals surface area contributed by atoms with Gasteiger partial charge in [0.2, 0.25) is 0 Å². The zero-order valence-corrected chi connectivity index (χ0v) is 20.7. The molecule has 0 saturated heterocycles. The quantitative estimate of drug-likeness (QED) is 0.239. The summed E-state index contributed by atoms with van der Waals surface area (Å²) in [6, 6.07) is 44.5. The van der Waals surface area contributed by atoms with Crippen LogP contribution in [-0.4, -0.2) is 22.3 Å². The van der Waals surface area contributed by atoms with Crippen LogP contribution in [-0.2, 0) is 13.1 Å². The Morgan fingerprint density at radius 3 is 1.97 bits per heavy atom. The molecule has 1 heterocycles. The Balaban J connectivity index is 1.50. The van der Waals surface area contributed by atoms with E-state index in [0.717, 1.165) is 23.3 Å². The molecule has 3 nitrogen and oxygen atoms in total. The number of hydrogen-bond acceptors (Lipinski definition) is 2. The number of nitrogens with one attached hydrogen (secondary N) is 1. The first-order valence-corrected chi connectivity index (χ1v) is 12.9. The van der Waals surface area contributed by atoms with Gasteiger partial charge in [0.05, 0.1) is 23.9 Å². The van der Waals surface area contributed by atoms with Gasteiger partial charge in [-0.3, -0.25) is 0 Å². The molecule has 6 aromatic rings. The molecule has 3 heteroatoms. The van der Waals surface area contributed by atoms with Crippen LogP contribution in [0.3, 0.4) is 0 Å². The number of fused-ring (bicyclic) bond motifs is 3. The number of aromatic nitrogens is 1. The fraction of sp³-hybridized carbons (Fsp3) is 0.118. The molecule has 0 aliphatic carbocycles. The van der Waals surface area contributed by atoms with Crippen molar-refractivity contribution >= 4 is 21.7 Å². The second kappa shape index (κ2) is 10.4. The largest absolute Gasteiger partial charge is 0.390 e. The third kappa shape index (κ3) is 4.67. The highest BCUT2D eigenvalue weighted by Gasteiger charge is 2.23. The monoisotopic (exact) mass is 482 g/mol. The van der Waals surface area contributed by atoms with Crippen molar-refractivity contribution in [3.05, 3.63) is 133 Å². The fourth-order valence-electron chi connectivity index (χ4n) is 5.35. The third-order valence-electron chi connectivity index (χ3n) is 7.00. The molecule has 0 aliphatic heterocycles. The SMILES string of the molecule is O[C@@H](CNCc1ccccc1)Cn1c(-c2ccccc2)c(-c2ccccc2)c2ccc3ccccc3c21. The fourth-order valence-corrected chi connectivity index (χ4v) is 5.35. The molecule has 37 heavy (non-hydrogen) atoms. The second-order valence-corrected chi connectivity index (χ2v) is 9.52. The Hall–Kier alpha value is -4.18. The van der Waals surface area contributed by atoms with Crippen LogP contribution in [0.15, 0.2) is 127 Å². The molecule has 2 N–H and O–H groups in total. The van der Waals surface area contributed by atoms with Crippen LogP contribution >= 0.6 is 0 Å². The minimum absolute atomic E-state index is 0.489. The topological polar surface area (TPSA) is 37.2 Å². The van der Waals surface area contributed by atoms with Crippen molar-refractivity contribution in [1.82, 2.24) is 9.88 Å². The van der Waals surface area contributed by atoms with E-state index in [4.69, 9.17) is 0 Å². The summed E-state index contributed by atoms with van der Waals surface area (Å²) in [6.45, 7) is 1.73. The van der Waals surface area contributed by atoms with E-state index in [1.807, 2.05) is 18.2 Å². The first kappa shape index (κ1) is 23.2. The van der Waals surface area contributed by atoms with E-state index < -0.39 is 6.10 Å². The van der Waals surface area contributed by atoms with Crippen LogP contribution in [0.25, 0.3) is 44.1 Å². The lowest BCUT2D eigenvalue weighted by atomic mass is 9.97. The molecule has 0 fully saturated rings. The van der Waals surface area contributed by atoms with Gasteiger partial charge in [0, 0.05) is 29.4 Å². The lowest BCUT2D eigenvalue weighted by molar-refractivity contribution is 0.153. The molecule has 5 aromatic carbocycles. The van der Waals surface area contributed by atoms with Crippen molar-refractivity contribution < 1.29 is 5.11 Å². The molecule has 1 aromatic heterocycles. The molecule has 0 amide bonds. The van der Waals surface area contributed by atoms with Crippen molar-refractivity contribution in [3.63, 3.8) is 0 Å². The van der Waals surface area contributed by atoms with E-state index in [-0.39, 0.29) is 0 Å². The van der Waals surface area contributed by atoms with Crippen molar-refractivity contribution in [3.8, 4) is 22.4 Å². The molecule has 182 valence electrons. The number of nitrogens with zero attached hydrogens (tertiary/aromatic N) is 1. The van der Waals surface area contributed by atoms with Crippen LogP contribution in [0.5, 0.6) is 0 Å². The standard InChI is InChI=1S/C34H30N2O/c37-29(23-35-22-25-12-4-1-5-13-25)24-36-33(28-17-8-3-9-18-28)32(27-15-6-2-7-16-27)31-21-20-26-14-10-11-19-30(26)34(31)36/h1-21,29,35,37H,22-24H2/t29-/m0/s1. The van der Waals surface area contributed by atoms with E-state index in [1.165, 1.54) is 32.8 Å². The van der Waals surface area contributed by atoms with Crippen LogP contribution in [0.2, 0.25) is 0 Å². The molecule has 0 radical (unpaired) electrons. The molecule has 0 spiro atoms. The highest BCUT2D eigenvalue weighted by atomic mass is 16.3. The van der Waals surface area contributed by atoms with Crippen LogP contribution in [0.1, 0.15) is 5.56 Å². The summed E-state index contributed by atoms with van der Waals surface area (Å²) in [4.78, 5) is 0. The Morgan fingerprint density at radius 2 is 1.24 bits per heavy atom. The van der Waals surface area contributed by atoms with Crippen LogP contribution in [0.4, 0.5) is 0 Å². The minimum Gasteiger partial charge on any atom is -0.390 e. The van der Waals surface area contributed by atoms with E-state index in [2.05, 4.69) is 119 Å². The second-order valence-electron chi connectivity index (χ2n) is 9.52. The molecule has 6 rings (SSSR count). The Morgan fingerprint density at radius 1 is 0.622 bits per heavy atom. The first-order chi connectivity index (χ1) is 18.3. The molecule has 0 saturated carbocycles. The van der Waals surface area contributed by atoms with Gasteiger partial charge >= 0.3 is 0 Å². The lowest BCUT2D eigenvalue weighted by Gasteiger charge is -2.18. The Bertz CT molecular complexity index is 1620. The molecular weight excluding hydrogens is 452 g/mol. The average Bonchev–Trinajstić information content (AvgIpc) is 3.29. The molecule has 0 aliphatic rings. The highest BCUT2D eigenvalue weighted by Crippen LogP contribution is 2.43. The lowest BCUT2D eigenvalue weighted by Crippen LogP contribution is -2.30. The minimum atomic E-state index is -0.552. The van der Waals surface area contributed by atoms with E-state index in [1.54, 1.807) is 0 Å². The first-order valence-electron chi connectivity index (χ1n) is 12.9. The van der Waals surface area contributed by atoms with Gasteiger partial charge in [-0.1, -0.05) is 127 Å². The van der Waals surface area contributed by atoms with Crippen molar-refractivity contribution in [1.29, 1.82) is 0 Å². The normalized spacial score (nSPS) is 12.2. The van der Waals surface area contributed by atoms with Crippen LogP contribution < -0.4 is 5.32 Å². The van der Waals surface area contributed by atoms with Gasteiger partial charge in [0.15, 0.2) is 0 Å². The van der Waals surface area contributed by atoms with Gasteiger partial charge in [0.1, 0.15) is 0 Å². The zero-order chi connectivity index (χ0) is 25.0. The maximum atomic E-state index is 11.3. The number of hydrogen-bond donors (Lipinski definition) is 2. The average molecular weight is 483 g/mol. The predicted octanol–water partition coefficient (Wildman–Crippen LogP) is 7.28. The maximum Gasteiger partial charge on any atom is 0.0843 e. The third-order valence-corrected chi connectivity index (χ3v) is 7.00. The maximum absolute atomic E-state index is 11.3. The number of benzene rings is 5. The summed E-state index contributed by atoms with van der Waals surface area (Å²) in [7, 11) is 0. The van der Waals surface area contributed by atoms with Gasteiger partial charge in [-0.05, 0) is 22.1 Å². The molecule has 0 bridgehead atoms. The summed E-state index contributed by atoms with van der Waals surface area (Å²) < 4.78 is 2.34. The zero-order valence-electron chi connectivity index (χ0n) is 20.7. The number of rotatable bonds is 8. The molecule has 0 unspecified atom stereocenters. The van der Waals surface area contributed by atoms with Gasteiger partial charge in [0.25, 0.3) is 0 Å². The summed E-state index contributed by atoms with van der Waals surface area (Å²) >= 11 is 0. The Labute approximate surface area is 217 Å². The van der Waals surface area contributed by atoms with Gasteiger partial charge in [-0.15, -0.1) is 0 Å². The van der Waals surface area contributed by atoms with E-state index in [9.17, 15) is 5.11 Å². The van der Waals surface area contributed by atoms with E-state index in [0.29, 0.717) is 13.1 Å². The molecule has 1 atom stereocenters. The molecular formula is C34H30N2O. The van der Waals surface area contributed by atoms with Gasteiger partial charge < -0.3 is 15.0 Å². The number of aliphatic hydroxyl groups excluding tert-OH is 1. The summed E-state index contributed by atoms with van der Waals surface area (Å²) in [6.07, 6.45) is -0.552. The van der Waals surface area contributed by atoms with Crippen molar-refractivity contribution in [2.75, 3.05) is 6.54 Å². The summed E-state index contributed by atoms with van der Waals surface area (Å²) in [5.74, 6) is 0. The predicted molar refractivity (Wildman–Crippen MR) is 154 cm³/mol. The van der Waals surface area contributed by atoms with Gasteiger partial charge in [-0.2, -0.15) is 0 Å².